The Morgan fingerprint density at radius 1 is 1.07 bits per heavy atom. The second kappa shape index (κ2) is 10.2. The Morgan fingerprint density at radius 2 is 1.79 bits per heavy atom. The number of hydrogen-bond donors (Lipinski definition) is 1. The van der Waals surface area contributed by atoms with Crippen LogP contribution in [0.2, 0.25) is 0 Å². The molecule has 0 aliphatic rings. The highest BCUT2D eigenvalue weighted by atomic mass is 19.1. The van der Waals surface area contributed by atoms with Gasteiger partial charge in [0, 0.05) is 17.7 Å². The Morgan fingerprint density at radius 3 is 2.43 bits per heavy atom. The average Bonchev–Trinajstić information content (AvgIpc) is 2.68. The number of methoxy groups -OCH3 is 1. The topological polar surface area (TPSA) is 81.7 Å². The fraction of sp³-hybridized carbons (Fsp3) is 0.286. The molecule has 0 aromatic heterocycles. The molecule has 0 fully saturated rings. The molecule has 2 aromatic carbocycles. The van der Waals surface area contributed by atoms with E-state index in [0.29, 0.717) is 29.8 Å². The summed E-state index contributed by atoms with van der Waals surface area (Å²) in [7, 11) is 1.46. The van der Waals surface area contributed by atoms with Crippen LogP contribution in [0.4, 0.5) is 4.39 Å². The van der Waals surface area contributed by atoms with E-state index in [-0.39, 0.29) is 18.0 Å². The predicted molar refractivity (Wildman–Crippen MR) is 101 cm³/mol. The zero-order valence-electron chi connectivity index (χ0n) is 15.8. The van der Waals surface area contributed by atoms with Gasteiger partial charge < -0.3 is 14.8 Å². The zero-order valence-corrected chi connectivity index (χ0v) is 15.8. The van der Waals surface area contributed by atoms with Crippen LogP contribution < -0.4 is 10.1 Å². The van der Waals surface area contributed by atoms with Crippen molar-refractivity contribution in [2.24, 2.45) is 0 Å². The Balaban J connectivity index is 1.78. The van der Waals surface area contributed by atoms with E-state index in [1.54, 1.807) is 30.3 Å². The second-order valence-corrected chi connectivity index (χ2v) is 6.15. The molecule has 0 saturated heterocycles. The smallest absolute Gasteiger partial charge is 0.310 e. The molecule has 28 heavy (non-hydrogen) atoms. The van der Waals surface area contributed by atoms with Crippen molar-refractivity contribution in [3.05, 3.63) is 65.0 Å². The summed E-state index contributed by atoms with van der Waals surface area (Å²) in [6.45, 7) is 1.37. The van der Waals surface area contributed by atoms with Crippen molar-refractivity contribution in [1.29, 1.82) is 0 Å². The van der Waals surface area contributed by atoms with Gasteiger partial charge in [-0.15, -0.1) is 0 Å². The van der Waals surface area contributed by atoms with Crippen LogP contribution in [0.15, 0.2) is 42.5 Å². The first kappa shape index (κ1) is 21.1. The highest BCUT2D eigenvalue weighted by Crippen LogP contribution is 2.21. The van der Waals surface area contributed by atoms with Gasteiger partial charge in [-0.05, 0) is 49.2 Å². The molecule has 0 bridgehead atoms. The van der Waals surface area contributed by atoms with Crippen molar-refractivity contribution in [3.8, 4) is 5.75 Å². The molecule has 0 unspecified atom stereocenters. The number of ether oxygens (including phenoxy) is 2. The van der Waals surface area contributed by atoms with Crippen molar-refractivity contribution in [2.75, 3.05) is 20.3 Å². The van der Waals surface area contributed by atoms with Crippen LogP contribution in [0.25, 0.3) is 0 Å². The summed E-state index contributed by atoms with van der Waals surface area (Å²) in [5.41, 5.74) is 1.86. The Kier molecular flexibility index (Phi) is 7.68. The third kappa shape index (κ3) is 6.50. The molecule has 0 spiro atoms. The number of carbonyl (C=O) groups is 3. The maximum absolute atomic E-state index is 12.8. The van der Waals surface area contributed by atoms with Gasteiger partial charge in [0.15, 0.2) is 12.4 Å². The molecule has 148 valence electrons. The number of esters is 1. The molecular weight excluding hydrogens is 365 g/mol. The van der Waals surface area contributed by atoms with E-state index in [0.717, 1.165) is 5.56 Å². The van der Waals surface area contributed by atoms with Crippen LogP contribution in [0.1, 0.15) is 28.4 Å². The van der Waals surface area contributed by atoms with E-state index in [1.807, 2.05) is 0 Å². The van der Waals surface area contributed by atoms with Gasteiger partial charge in [-0.25, -0.2) is 4.39 Å². The molecular formula is C21H22FNO5. The first-order valence-electron chi connectivity index (χ1n) is 8.73. The minimum absolute atomic E-state index is 0.118. The number of nitrogens with one attached hydrogen (secondary N) is 1. The Hall–Kier alpha value is -3.22. The van der Waals surface area contributed by atoms with Crippen molar-refractivity contribution >= 4 is 17.7 Å². The number of carbonyl (C=O) groups excluding carboxylic acids is 3. The van der Waals surface area contributed by atoms with Gasteiger partial charge >= 0.3 is 5.97 Å². The van der Waals surface area contributed by atoms with Gasteiger partial charge in [0.1, 0.15) is 11.6 Å². The Bertz CT molecular complexity index is 848. The molecule has 1 N–H and O–H groups in total. The molecule has 2 aromatic rings. The first-order valence-corrected chi connectivity index (χ1v) is 8.73. The Labute approximate surface area is 162 Å². The number of Topliss-reactive ketones (excluding diaryl/α,β-unsaturated/α-hetero) is 1. The SMILES string of the molecule is COc1ccc(C(C)=O)cc1CC(=O)OCC(=O)NCCc1ccc(F)cc1. The lowest BCUT2D eigenvalue weighted by Gasteiger charge is -2.10. The van der Waals surface area contributed by atoms with E-state index in [1.165, 1.54) is 26.2 Å². The van der Waals surface area contributed by atoms with E-state index >= 15 is 0 Å². The number of benzene rings is 2. The molecule has 0 heterocycles. The summed E-state index contributed by atoms with van der Waals surface area (Å²) in [5, 5.41) is 2.63. The number of halogens is 1. The highest BCUT2D eigenvalue weighted by Gasteiger charge is 2.14. The van der Waals surface area contributed by atoms with Crippen LogP contribution >= 0.6 is 0 Å². The minimum atomic E-state index is -0.604. The van der Waals surface area contributed by atoms with E-state index in [2.05, 4.69) is 5.32 Å². The lowest BCUT2D eigenvalue weighted by atomic mass is 10.0. The van der Waals surface area contributed by atoms with E-state index < -0.39 is 18.5 Å². The van der Waals surface area contributed by atoms with Crippen LogP contribution in [0.3, 0.4) is 0 Å². The lowest BCUT2D eigenvalue weighted by molar-refractivity contribution is -0.147. The maximum Gasteiger partial charge on any atom is 0.310 e. The quantitative estimate of drug-likeness (QED) is 0.528. The van der Waals surface area contributed by atoms with E-state index in [4.69, 9.17) is 9.47 Å². The van der Waals surface area contributed by atoms with Gasteiger partial charge in [-0.1, -0.05) is 12.1 Å². The highest BCUT2D eigenvalue weighted by molar-refractivity contribution is 5.94. The molecule has 0 radical (unpaired) electrons. The lowest BCUT2D eigenvalue weighted by Crippen LogP contribution is -2.30. The van der Waals surface area contributed by atoms with Gasteiger partial charge in [0.05, 0.1) is 13.5 Å². The van der Waals surface area contributed by atoms with Crippen molar-refractivity contribution < 1.29 is 28.2 Å². The van der Waals surface area contributed by atoms with Crippen molar-refractivity contribution in [3.63, 3.8) is 0 Å². The monoisotopic (exact) mass is 387 g/mol. The predicted octanol–water partition coefficient (Wildman–Crippen LogP) is 2.48. The third-order valence-electron chi connectivity index (χ3n) is 4.04. The zero-order chi connectivity index (χ0) is 20.5. The van der Waals surface area contributed by atoms with Crippen molar-refractivity contribution in [2.45, 2.75) is 19.8 Å². The van der Waals surface area contributed by atoms with Crippen molar-refractivity contribution in [1.82, 2.24) is 5.32 Å². The number of rotatable bonds is 9. The van der Waals surface area contributed by atoms with Crippen LogP contribution in [-0.2, 0) is 27.2 Å². The molecule has 1 amide bonds. The summed E-state index contributed by atoms with van der Waals surface area (Å²) in [4.78, 5) is 35.3. The molecule has 0 aliphatic heterocycles. The fourth-order valence-corrected chi connectivity index (χ4v) is 2.54. The van der Waals surface area contributed by atoms with Gasteiger partial charge in [0.25, 0.3) is 5.91 Å². The van der Waals surface area contributed by atoms with Gasteiger partial charge in [0.2, 0.25) is 0 Å². The normalized spacial score (nSPS) is 10.2. The summed E-state index contributed by atoms with van der Waals surface area (Å²) in [6, 6.07) is 10.8. The summed E-state index contributed by atoms with van der Waals surface area (Å²) >= 11 is 0. The minimum Gasteiger partial charge on any atom is -0.496 e. The number of hydrogen-bond acceptors (Lipinski definition) is 5. The molecule has 7 heteroatoms. The number of amides is 1. The van der Waals surface area contributed by atoms with Crippen LogP contribution in [-0.4, -0.2) is 37.9 Å². The third-order valence-corrected chi connectivity index (χ3v) is 4.04. The largest absolute Gasteiger partial charge is 0.496 e. The fourth-order valence-electron chi connectivity index (χ4n) is 2.54. The second-order valence-electron chi connectivity index (χ2n) is 6.15. The van der Waals surface area contributed by atoms with Crippen LogP contribution in [0, 0.1) is 5.82 Å². The molecule has 0 saturated carbocycles. The standard InChI is InChI=1S/C21H22FNO5/c1-14(24)16-5-8-19(27-2)17(11-16)12-21(26)28-13-20(25)23-10-9-15-3-6-18(22)7-4-15/h3-8,11H,9-10,12-13H2,1-2H3,(H,23,25). The first-order chi connectivity index (χ1) is 13.4. The van der Waals surface area contributed by atoms with E-state index in [9.17, 15) is 18.8 Å². The summed E-state index contributed by atoms with van der Waals surface area (Å²) < 4.78 is 23.0. The molecule has 0 aliphatic carbocycles. The van der Waals surface area contributed by atoms with Gasteiger partial charge in [-0.3, -0.25) is 14.4 Å². The molecule has 0 atom stereocenters. The average molecular weight is 387 g/mol. The number of ketones is 1. The van der Waals surface area contributed by atoms with Gasteiger partial charge in [-0.2, -0.15) is 0 Å². The molecule has 2 rings (SSSR count). The summed E-state index contributed by atoms with van der Waals surface area (Å²) in [5.74, 6) is -1.01. The summed E-state index contributed by atoms with van der Waals surface area (Å²) in [6.07, 6.45) is 0.419. The molecule has 6 nitrogen and oxygen atoms in total. The maximum atomic E-state index is 12.8. The van der Waals surface area contributed by atoms with Crippen LogP contribution in [0.5, 0.6) is 5.75 Å².